The van der Waals surface area contributed by atoms with Crippen LogP contribution in [0.4, 0.5) is 11.4 Å². The zero-order chi connectivity index (χ0) is 17.1. The molecule has 0 aliphatic rings. The van der Waals surface area contributed by atoms with Crippen LogP contribution in [-0.4, -0.2) is 17.9 Å². The van der Waals surface area contributed by atoms with E-state index in [1.54, 1.807) is 31.2 Å². The Kier molecular flexibility index (Phi) is 5.00. The SMILES string of the molecule is COc1ccc(Br)cc1C(=O)Nc1c([N+](=O)[O-])ccc(C)c1C. The predicted molar refractivity (Wildman–Crippen MR) is 91.2 cm³/mol. The average molecular weight is 379 g/mol. The number of carbonyl (C=O) groups is 1. The predicted octanol–water partition coefficient (Wildman–Crippen LogP) is 4.24. The van der Waals surface area contributed by atoms with Gasteiger partial charge in [-0.25, -0.2) is 0 Å². The molecule has 0 aliphatic carbocycles. The number of benzene rings is 2. The third-order valence-electron chi connectivity index (χ3n) is 3.56. The molecule has 1 N–H and O–H groups in total. The van der Waals surface area contributed by atoms with E-state index < -0.39 is 10.8 Å². The first-order valence-electron chi connectivity index (χ1n) is 6.74. The molecule has 0 heterocycles. The number of nitrogens with zero attached hydrogens (tertiary/aromatic N) is 1. The van der Waals surface area contributed by atoms with E-state index in [9.17, 15) is 14.9 Å². The Morgan fingerprint density at radius 2 is 1.96 bits per heavy atom. The lowest BCUT2D eigenvalue weighted by Crippen LogP contribution is -2.15. The fraction of sp³-hybridized carbons (Fsp3) is 0.188. The molecule has 1 amide bonds. The van der Waals surface area contributed by atoms with Crippen molar-refractivity contribution < 1.29 is 14.5 Å². The number of nitro groups is 1. The molecular formula is C16H15BrN2O4. The maximum atomic E-state index is 12.5. The van der Waals surface area contributed by atoms with Gasteiger partial charge in [-0.15, -0.1) is 0 Å². The topological polar surface area (TPSA) is 81.5 Å². The number of aryl methyl sites for hydroxylation is 1. The fourth-order valence-corrected chi connectivity index (χ4v) is 2.51. The van der Waals surface area contributed by atoms with Crippen molar-refractivity contribution in [2.45, 2.75) is 13.8 Å². The zero-order valence-corrected chi connectivity index (χ0v) is 14.4. The molecule has 120 valence electrons. The van der Waals surface area contributed by atoms with Crippen molar-refractivity contribution >= 4 is 33.2 Å². The highest BCUT2D eigenvalue weighted by Gasteiger charge is 2.21. The van der Waals surface area contributed by atoms with Gasteiger partial charge >= 0.3 is 0 Å². The van der Waals surface area contributed by atoms with Gasteiger partial charge in [0.05, 0.1) is 17.6 Å². The van der Waals surface area contributed by atoms with Crippen molar-refractivity contribution in [2.75, 3.05) is 12.4 Å². The second kappa shape index (κ2) is 6.78. The fourth-order valence-electron chi connectivity index (χ4n) is 2.15. The lowest BCUT2D eigenvalue weighted by atomic mass is 10.1. The summed E-state index contributed by atoms with van der Waals surface area (Å²) in [5, 5.41) is 13.8. The van der Waals surface area contributed by atoms with Crippen LogP contribution in [0.5, 0.6) is 5.75 Å². The lowest BCUT2D eigenvalue weighted by molar-refractivity contribution is -0.384. The number of carbonyl (C=O) groups excluding carboxylic acids is 1. The molecule has 23 heavy (non-hydrogen) atoms. The molecule has 0 aliphatic heterocycles. The van der Waals surface area contributed by atoms with Gasteiger partial charge in [-0.05, 0) is 43.2 Å². The van der Waals surface area contributed by atoms with E-state index in [2.05, 4.69) is 21.2 Å². The Hall–Kier alpha value is -2.41. The van der Waals surface area contributed by atoms with Crippen LogP contribution in [0.2, 0.25) is 0 Å². The number of hydrogen-bond acceptors (Lipinski definition) is 4. The van der Waals surface area contributed by atoms with Crippen molar-refractivity contribution in [1.82, 2.24) is 0 Å². The Bertz CT molecular complexity index is 790. The molecule has 0 spiro atoms. The second-order valence-electron chi connectivity index (χ2n) is 4.96. The van der Waals surface area contributed by atoms with Crippen LogP contribution < -0.4 is 10.1 Å². The summed E-state index contributed by atoms with van der Waals surface area (Å²) in [6.07, 6.45) is 0. The maximum absolute atomic E-state index is 12.5. The average Bonchev–Trinajstić information content (AvgIpc) is 2.51. The van der Waals surface area contributed by atoms with E-state index in [4.69, 9.17) is 4.74 Å². The van der Waals surface area contributed by atoms with Gasteiger partial charge in [-0.3, -0.25) is 14.9 Å². The van der Waals surface area contributed by atoms with Gasteiger partial charge in [0.25, 0.3) is 11.6 Å². The highest BCUT2D eigenvalue weighted by atomic mass is 79.9. The quantitative estimate of drug-likeness (QED) is 0.637. The normalized spacial score (nSPS) is 10.3. The van der Waals surface area contributed by atoms with Gasteiger partial charge in [0.1, 0.15) is 11.4 Å². The molecule has 6 nitrogen and oxygen atoms in total. The van der Waals surface area contributed by atoms with Crippen molar-refractivity contribution in [2.24, 2.45) is 0 Å². The van der Waals surface area contributed by atoms with Crippen molar-refractivity contribution in [3.63, 3.8) is 0 Å². The van der Waals surface area contributed by atoms with Gasteiger partial charge in [0.2, 0.25) is 0 Å². The molecule has 0 saturated heterocycles. The second-order valence-corrected chi connectivity index (χ2v) is 5.87. The molecule has 0 bridgehead atoms. The number of amides is 1. The number of hydrogen-bond donors (Lipinski definition) is 1. The molecule has 2 aromatic rings. The Balaban J connectivity index is 2.47. The van der Waals surface area contributed by atoms with Crippen LogP contribution in [0.15, 0.2) is 34.8 Å². The largest absolute Gasteiger partial charge is 0.496 e. The molecule has 0 unspecified atom stereocenters. The number of halogens is 1. The van der Waals surface area contributed by atoms with Gasteiger partial charge in [-0.1, -0.05) is 22.0 Å². The third-order valence-corrected chi connectivity index (χ3v) is 4.05. The smallest absolute Gasteiger partial charge is 0.293 e. The standard InChI is InChI=1S/C16H15BrN2O4/c1-9-4-6-13(19(21)22)15(10(9)2)18-16(20)12-8-11(17)5-7-14(12)23-3/h4-8H,1-3H3,(H,18,20). The van der Waals surface area contributed by atoms with Gasteiger partial charge in [0.15, 0.2) is 0 Å². The summed E-state index contributed by atoms with van der Waals surface area (Å²) in [4.78, 5) is 23.2. The van der Waals surface area contributed by atoms with Crippen LogP contribution in [-0.2, 0) is 0 Å². The molecule has 2 aromatic carbocycles. The molecule has 0 saturated carbocycles. The molecule has 0 fully saturated rings. The van der Waals surface area contributed by atoms with Crippen molar-refractivity contribution in [3.8, 4) is 5.75 Å². The number of ether oxygens (including phenoxy) is 1. The van der Waals surface area contributed by atoms with E-state index in [-0.39, 0.29) is 16.9 Å². The first-order valence-corrected chi connectivity index (χ1v) is 7.54. The minimum atomic E-state index is -0.514. The zero-order valence-electron chi connectivity index (χ0n) is 12.8. The summed E-state index contributed by atoms with van der Waals surface area (Å²) in [6.45, 7) is 3.56. The van der Waals surface area contributed by atoms with Crippen LogP contribution in [0.25, 0.3) is 0 Å². The summed E-state index contributed by atoms with van der Waals surface area (Å²) in [6, 6.07) is 8.04. The molecule has 0 atom stereocenters. The number of rotatable bonds is 4. The first kappa shape index (κ1) is 17.0. The Labute approximate surface area is 141 Å². The van der Waals surface area contributed by atoms with Crippen molar-refractivity contribution in [3.05, 3.63) is 61.6 Å². The summed E-state index contributed by atoms with van der Waals surface area (Å²) >= 11 is 3.30. The molecule has 0 radical (unpaired) electrons. The van der Waals surface area contributed by atoms with E-state index >= 15 is 0 Å². The molecular weight excluding hydrogens is 364 g/mol. The van der Waals surface area contributed by atoms with Crippen LogP contribution in [0.3, 0.4) is 0 Å². The summed E-state index contributed by atoms with van der Waals surface area (Å²) in [7, 11) is 1.46. The summed E-state index contributed by atoms with van der Waals surface area (Å²) in [5.74, 6) is -0.0846. The number of methoxy groups -OCH3 is 1. The number of nitrogens with one attached hydrogen (secondary N) is 1. The Morgan fingerprint density at radius 1 is 1.26 bits per heavy atom. The van der Waals surface area contributed by atoms with E-state index in [0.29, 0.717) is 15.8 Å². The van der Waals surface area contributed by atoms with Crippen molar-refractivity contribution in [1.29, 1.82) is 0 Å². The monoisotopic (exact) mass is 378 g/mol. The number of nitro benzene ring substituents is 1. The van der Waals surface area contributed by atoms with E-state index in [1.807, 2.05) is 6.92 Å². The Morgan fingerprint density at radius 3 is 2.57 bits per heavy atom. The van der Waals surface area contributed by atoms with Gasteiger partial charge < -0.3 is 10.1 Å². The van der Waals surface area contributed by atoms with Crippen LogP contribution in [0.1, 0.15) is 21.5 Å². The van der Waals surface area contributed by atoms with E-state index in [0.717, 1.165) is 5.56 Å². The minimum Gasteiger partial charge on any atom is -0.496 e. The summed E-state index contributed by atoms with van der Waals surface area (Å²) in [5.41, 5.74) is 1.85. The van der Waals surface area contributed by atoms with Crippen LogP contribution >= 0.6 is 15.9 Å². The third kappa shape index (κ3) is 3.50. The molecule has 0 aromatic heterocycles. The van der Waals surface area contributed by atoms with Gasteiger partial charge in [-0.2, -0.15) is 0 Å². The lowest BCUT2D eigenvalue weighted by Gasteiger charge is -2.13. The number of anilines is 1. The molecule has 7 heteroatoms. The minimum absolute atomic E-state index is 0.143. The molecule has 2 rings (SSSR count). The first-order chi connectivity index (χ1) is 10.8. The van der Waals surface area contributed by atoms with E-state index in [1.165, 1.54) is 13.2 Å². The highest BCUT2D eigenvalue weighted by Crippen LogP contribution is 2.32. The summed E-state index contributed by atoms with van der Waals surface area (Å²) < 4.78 is 5.88. The van der Waals surface area contributed by atoms with Gasteiger partial charge in [0, 0.05) is 10.5 Å². The van der Waals surface area contributed by atoms with Crippen LogP contribution in [0, 0.1) is 24.0 Å². The maximum Gasteiger partial charge on any atom is 0.293 e. The highest BCUT2D eigenvalue weighted by molar-refractivity contribution is 9.10.